The topological polar surface area (TPSA) is 51.2 Å². The van der Waals surface area contributed by atoms with Gasteiger partial charge >= 0.3 is 0 Å². The Morgan fingerprint density at radius 1 is 1.06 bits per heavy atom. The zero-order valence-corrected chi connectivity index (χ0v) is 9.66. The van der Waals surface area contributed by atoms with Crippen LogP contribution in [0.4, 0.5) is 11.4 Å². The van der Waals surface area contributed by atoms with Crippen LogP contribution < -0.4 is 11.1 Å². The summed E-state index contributed by atoms with van der Waals surface area (Å²) < 4.78 is 5.80. The molecule has 86 valence electrons. The minimum Gasteiger partial charge on any atom is -0.456 e. The van der Waals surface area contributed by atoms with Crippen molar-refractivity contribution in [3.8, 4) is 0 Å². The standard InChI is InChI=1S/C14H14N2O/c1-2-16-10-4-6-12-11-5-3-9(15)7-13(11)17-14(12)8-10/h3-8,16H,2,15H2,1H3. The first-order valence-corrected chi connectivity index (χ1v) is 5.73. The lowest BCUT2D eigenvalue weighted by Crippen LogP contribution is -1.95. The summed E-state index contributed by atoms with van der Waals surface area (Å²) in [6.45, 7) is 2.97. The van der Waals surface area contributed by atoms with Crippen molar-refractivity contribution in [1.29, 1.82) is 0 Å². The van der Waals surface area contributed by atoms with Crippen molar-refractivity contribution >= 4 is 33.3 Å². The van der Waals surface area contributed by atoms with Gasteiger partial charge in [0.15, 0.2) is 0 Å². The highest BCUT2D eigenvalue weighted by molar-refractivity contribution is 6.06. The van der Waals surface area contributed by atoms with Crippen LogP contribution in [0.2, 0.25) is 0 Å². The normalized spacial score (nSPS) is 11.1. The molecule has 0 saturated carbocycles. The van der Waals surface area contributed by atoms with Crippen LogP contribution in [0.5, 0.6) is 0 Å². The van der Waals surface area contributed by atoms with E-state index in [1.54, 1.807) is 0 Å². The smallest absolute Gasteiger partial charge is 0.137 e. The molecule has 0 amide bonds. The third-order valence-electron chi connectivity index (χ3n) is 2.88. The van der Waals surface area contributed by atoms with Crippen molar-refractivity contribution in [3.63, 3.8) is 0 Å². The largest absolute Gasteiger partial charge is 0.456 e. The molecule has 0 aliphatic rings. The fourth-order valence-corrected chi connectivity index (χ4v) is 2.11. The van der Waals surface area contributed by atoms with Gasteiger partial charge in [-0.05, 0) is 31.2 Å². The lowest BCUT2D eigenvalue weighted by Gasteiger charge is -2.01. The lowest BCUT2D eigenvalue weighted by molar-refractivity contribution is 0.669. The fraction of sp³-hybridized carbons (Fsp3) is 0.143. The third kappa shape index (κ3) is 1.60. The second-order valence-corrected chi connectivity index (χ2v) is 4.10. The fourth-order valence-electron chi connectivity index (χ4n) is 2.11. The summed E-state index contributed by atoms with van der Waals surface area (Å²) >= 11 is 0. The molecular formula is C14H14N2O. The van der Waals surface area contributed by atoms with E-state index in [0.717, 1.165) is 39.9 Å². The van der Waals surface area contributed by atoms with Gasteiger partial charge in [0.05, 0.1) is 0 Å². The molecule has 0 aliphatic heterocycles. The summed E-state index contributed by atoms with van der Waals surface area (Å²) in [5, 5.41) is 5.51. The molecule has 0 aliphatic carbocycles. The molecule has 17 heavy (non-hydrogen) atoms. The highest BCUT2D eigenvalue weighted by atomic mass is 16.3. The van der Waals surface area contributed by atoms with Crippen molar-refractivity contribution in [2.45, 2.75) is 6.92 Å². The monoisotopic (exact) mass is 226 g/mol. The highest BCUT2D eigenvalue weighted by Crippen LogP contribution is 2.31. The minimum atomic E-state index is 0.725. The molecule has 3 rings (SSSR count). The molecular weight excluding hydrogens is 212 g/mol. The van der Waals surface area contributed by atoms with E-state index < -0.39 is 0 Å². The number of hydrogen-bond acceptors (Lipinski definition) is 3. The number of hydrogen-bond donors (Lipinski definition) is 2. The van der Waals surface area contributed by atoms with Crippen molar-refractivity contribution in [2.75, 3.05) is 17.6 Å². The summed E-state index contributed by atoms with van der Waals surface area (Å²) in [5.74, 6) is 0. The van der Waals surface area contributed by atoms with Crippen LogP contribution in [0, 0.1) is 0 Å². The summed E-state index contributed by atoms with van der Waals surface area (Å²) in [7, 11) is 0. The van der Waals surface area contributed by atoms with Crippen molar-refractivity contribution in [2.24, 2.45) is 0 Å². The summed E-state index contributed by atoms with van der Waals surface area (Å²) in [4.78, 5) is 0. The molecule has 0 bridgehead atoms. The minimum absolute atomic E-state index is 0.725. The van der Waals surface area contributed by atoms with Crippen molar-refractivity contribution in [1.82, 2.24) is 0 Å². The molecule has 0 radical (unpaired) electrons. The van der Waals surface area contributed by atoms with E-state index >= 15 is 0 Å². The Morgan fingerprint density at radius 3 is 2.53 bits per heavy atom. The lowest BCUT2D eigenvalue weighted by atomic mass is 10.1. The predicted molar refractivity (Wildman–Crippen MR) is 72.3 cm³/mol. The van der Waals surface area contributed by atoms with Crippen molar-refractivity contribution in [3.05, 3.63) is 36.4 Å². The molecule has 3 nitrogen and oxygen atoms in total. The predicted octanol–water partition coefficient (Wildman–Crippen LogP) is 3.60. The summed E-state index contributed by atoms with van der Waals surface area (Å²) in [6, 6.07) is 11.9. The molecule has 1 heterocycles. The summed E-state index contributed by atoms with van der Waals surface area (Å²) in [6.07, 6.45) is 0. The first kappa shape index (κ1) is 10.0. The summed E-state index contributed by atoms with van der Waals surface area (Å²) in [5.41, 5.74) is 9.29. The van der Waals surface area contributed by atoms with Gasteiger partial charge in [-0.2, -0.15) is 0 Å². The van der Waals surface area contributed by atoms with Crippen LogP contribution in [0.1, 0.15) is 6.92 Å². The Balaban J connectivity index is 2.27. The molecule has 2 aromatic carbocycles. The highest BCUT2D eigenvalue weighted by Gasteiger charge is 2.07. The molecule has 3 aromatic rings. The quantitative estimate of drug-likeness (QED) is 0.656. The van der Waals surface area contributed by atoms with Crippen LogP contribution in [0.3, 0.4) is 0 Å². The molecule has 3 N–H and O–H groups in total. The molecule has 3 heteroatoms. The van der Waals surface area contributed by atoms with Gasteiger partial charge in [-0.3, -0.25) is 0 Å². The van der Waals surface area contributed by atoms with E-state index in [2.05, 4.69) is 24.4 Å². The van der Waals surface area contributed by atoms with Gasteiger partial charge in [0.1, 0.15) is 11.2 Å². The Labute approximate surface area is 99.2 Å². The van der Waals surface area contributed by atoms with E-state index in [-0.39, 0.29) is 0 Å². The van der Waals surface area contributed by atoms with E-state index in [1.807, 2.05) is 24.3 Å². The van der Waals surface area contributed by atoms with Crippen LogP contribution in [0.15, 0.2) is 40.8 Å². The molecule has 0 atom stereocenters. The number of rotatable bonds is 2. The zero-order valence-electron chi connectivity index (χ0n) is 9.66. The van der Waals surface area contributed by atoms with Crippen LogP contribution in [-0.4, -0.2) is 6.54 Å². The SMILES string of the molecule is CCNc1ccc2c(c1)oc1cc(N)ccc12. The number of nitrogens with two attached hydrogens (primary N) is 1. The van der Waals surface area contributed by atoms with Gasteiger partial charge < -0.3 is 15.5 Å². The van der Waals surface area contributed by atoms with Crippen LogP contribution in [0.25, 0.3) is 21.9 Å². The molecule has 0 fully saturated rings. The van der Waals surface area contributed by atoms with Gasteiger partial charge in [0.2, 0.25) is 0 Å². The first-order valence-electron chi connectivity index (χ1n) is 5.73. The number of fused-ring (bicyclic) bond motifs is 3. The number of nitrogen functional groups attached to an aromatic ring is 1. The number of benzene rings is 2. The third-order valence-corrected chi connectivity index (χ3v) is 2.88. The Kier molecular flexibility index (Phi) is 2.18. The second kappa shape index (κ2) is 3.70. The molecule has 0 unspecified atom stereocenters. The van der Waals surface area contributed by atoms with E-state index in [1.165, 1.54) is 0 Å². The van der Waals surface area contributed by atoms with Crippen molar-refractivity contribution < 1.29 is 4.42 Å². The molecule has 0 saturated heterocycles. The van der Waals surface area contributed by atoms with E-state index in [4.69, 9.17) is 10.2 Å². The molecule has 1 aromatic heterocycles. The van der Waals surface area contributed by atoms with Crippen LogP contribution >= 0.6 is 0 Å². The average Bonchev–Trinajstić information content (AvgIpc) is 2.65. The number of anilines is 2. The number of nitrogens with one attached hydrogen (secondary N) is 1. The Hall–Kier alpha value is -2.16. The first-order chi connectivity index (χ1) is 8.28. The maximum atomic E-state index is 5.80. The van der Waals surface area contributed by atoms with E-state index in [0.29, 0.717) is 0 Å². The maximum absolute atomic E-state index is 5.80. The maximum Gasteiger partial charge on any atom is 0.137 e. The van der Waals surface area contributed by atoms with Gasteiger partial charge in [-0.1, -0.05) is 0 Å². The second-order valence-electron chi connectivity index (χ2n) is 4.10. The van der Waals surface area contributed by atoms with Gasteiger partial charge in [-0.25, -0.2) is 0 Å². The zero-order chi connectivity index (χ0) is 11.8. The van der Waals surface area contributed by atoms with Gasteiger partial charge in [0.25, 0.3) is 0 Å². The Bertz CT molecular complexity index is 685. The van der Waals surface area contributed by atoms with E-state index in [9.17, 15) is 0 Å². The van der Waals surface area contributed by atoms with Gasteiger partial charge in [0, 0.05) is 40.8 Å². The Morgan fingerprint density at radius 2 is 1.76 bits per heavy atom. The van der Waals surface area contributed by atoms with Gasteiger partial charge in [-0.15, -0.1) is 0 Å². The molecule has 0 spiro atoms. The average molecular weight is 226 g/mol. The van der Waals surface area contributed by atoms with Crippen LogP contribution in [-0.2, 0) is 0 Å². The number of furan rings is 1.